The number of aromatic carboxylic acids is 1. The molecule has 0 aromatic carbocycles. The first-order valence-electron chi connectivity index (χ1n) is 6.85. The summed E-state index contributed by atoms with van der Waals surface area (Å²) in [4.78, 5) is 15.6. The molecule has 5 heteroatoms. The highest BCUT2D eigenvalue weighted by Crippen LogP contribution is 2.22. The lowest BCUT2D eigenvalue weighted by molar-refractivity contribution is 0.0696. The summed E-state index contributed by atoms with van der Waals surface area (Å²) in [7, 11) is 0. The molecule has 0 saturated heterocycles. The van der Waals surface area contributed by atoms with Gasteiger partial charge in [0.1, 0.15) is 5.82 Å². The molecule has 1 aromatic rings. The van der Waals surface area contributed by atoms with E-state index in [-0.39, 0.29) is 23.5 Å². The van der Waals surface area contributed by atoms with Crippen LogP contribution in [0.2, 0.25) is 0 Å². The van der Waals surface area contributed by atoms with Crippen molar-refractivity contribution in [3.8, 4) is 0 Å². The number of carbonyl (C=O) groups is 1. The molecule has 0 amide bonds. The summed E-state index contributed by atoms with van der Waals surface area (Å²) >= 11 is 0. The van der Waals surface area contributed by atoms with Crippen LogP contribution < -0.4 is 5.32 Å². The zero-order valence-electron chi connectivity index (χ0n) is 12.6. The maximum absolute atomic E-state index is 11.1. The van der Waals surface area contributed by atoms with Crippen LogP contribution >= 0.6 is 0 Å². The van der Waals surface area contributed by atoms with Gasteiger partial charge in [0, 0.05) is 18.8 Å². The molecule has 0 aliphatic heterocycles. The second kappa shape index (κ2) is 6.70. The van der Waals surface area contributed by atoms with Gasteiger partial charge in [-0.1, -0.05) is 27.7 Å². The topological polar surface area (TPSA) is 82.5 Å². The fourth-order valence-corrected chi connectivity index (χ4v) is 1.78. The molecule has 0 bridgehead atoms. The highest BCUT2D eigenvalue weighted by Gasteiger charge is 2.18. The number of pyridine rings is 1. The summed E-state index contributed by atoms with van der Waals surface area (Å²) in [6.45, 7) is 8.80. The summed E-state index contributed by atoms with van der Waals surface area (Å²) in [5, 5.41) is 21.3. The van der Waals surface area contributed by atoms with Gasteiger partial charge in [0.25, 0.3) is 0 Å². The summed E-state index contributed by atoms with van der Waals surface area (Å²) in [6.07, 6.45) is 0.676. The number of anilines is 1. The molecule has 3 N–H and O–H groups in total. The molecule has 0 atom stereocenters. The Hall–Kier alpha value is -1.62. The van der Waals surface area contributed by atoms with Gasteiger partial charge in [-0.15, -0.1) is 0 Å². The molecule has 0 saturated carbocycles. The number of aliphatic hydroxyl groups is 1. The summed E-state index contributed by atoms with van der Waals surface area (Å²) < 4.78 is 0. The third kappa shape index (κ3) is 4.81. The highest BCUT2D eigenvalue weighted by molar-refractivity contribution is 5.88. The van der Waals surface area contributed by atoms with Crippen molar-refractivity contribution in [3.05, 3.63) is 23.4 Å². The van der Waals surface area contributed by atoms with Crippen LogP contribution in [0.25, 0.3) is 0 Å². The first-order chi connectivity index (χ1) is 9.25. The third-order valence-electron chi connectivity index (χ3n) is 3.22. The summed E-state index contributed by atoms with van der Waals surface area (Å²) in [5.74, 6) is -0.216. The zero-order valence-corrected chi connectivity index (χ0v) is 12.6. The molecule has 0 aliphatic rings. The predicted molar refractivity (Wildman–Crippen MR) is 79.3 cm³/mol. The van der Waals surface area contributed by atoms with Gasteiger partial charge in [0.2, 0.25) is 0 Å². The Balaban J connectivity index is 2.91. The maximum atomic E-state index is 11.1. The zero-order chi connectivity index (χ0) is 15.3. The molecule has 0 spiro atoms. The van der Waals surface area contributed by atoms with Crippen LogP contribution in [-0.2, 0) is 0 Å². The van der Waals surface area contributed by atoms with E-state index in [1.165, 1.54) is 0 Å². The normalized spacial score (nSPS) is 11.7. The molecule has 20 heavy (non-hydrogen) atoms. The number of aliphatic hydroxyl groups excluding tert-OH is 1. The first kappa shape index (κ1) is 16.4. The van der Waals surface area contributed by atoms with Gasteiger partial charge in [-0.25, -0.2) is 9.78 Å². The minimum absolute atomic E-state index is 0.0757. The van der Waals surface area contributed by atoms with Crippen molar-refractivity contribution in [2.24, 2.45) is 5.41 Å². The van der Waals surface area contributed by atoms with Crippen molar-refractivity contribution in [2.45, 2.75) is 40.0 Å². The fraction of sp³-hybridized carbons (Fsp3) is 0.600. The monoisotopic (exact) mass is 280 g/mol. The minimum atomic E-state index is -0.952. The van der Waals surface area contributed by atoms with Crippen LogP contribution in [0.1, 0.15) is 56.1 Å². The van der Waals surface area contributed by atoms with Gasteiger partial charge in [0.15, 0.2) is 0 Å². The van der Waals surface area contributed by atoms with Gasteiger partial charge in [-0.3, -0.25) is 0 Å². The SMILES string of the molecule is CC(C)c1cc(C(=O)O)cc(NCC(C)(C)CCO)n1. The number of hydrogen-bond acceptors (Lipinski definition) is 4. The number of nitrogens with one attached hydrogen (secondary N) is 1. The number of rotatable bonds is 7. The Bertz CT molecular complexity index is 470. The van der Waals surface area contributed by atoms with Crippen LogP contribution in [0, 0.1) is 5.41 Å². The van der Waals surface area contributed by atoms with Gasteiger partial charge in [-0.05, 0) is 29.9 Å². The number of carboxylic acid groups (broad SMARTS) is 1. The molecule has 0 fully saturated rings. The van der Waals surface area contributed by atoms with Crippen LogP contribution in [-0.4, -0.2) is 34.3 Å². The average Bonchev–Trinajstić information content (AvgIpc) is 2.36. The van der Waals surface area contributed by atoms with E-state index in [0.717, 1.165) is 5.69 Å². The molecular weight excluding hydrogens is 256 g/mol. The van der Waals surface area contributed by atoms with Crippen molar-refractivity contribution in [3.63, 3.8) is 0 Å². The van der Waals surface area contributed by atoms with E-state index in [1.807, 2.05) is 27.7 Å². The van der Waals surface area contributed by atoms with E-state index in [4.69, 9.17) is 10.2 Å². The fourth-order valence-electron chi connectivity index (χ4n) is 1.78. The van der Waals surface area contributed by atoms with E-state index in [1.54, 1.807) is 12.1 Å². The number of hydrogen-bond donors (Lipinski definition) is 3. The molecule has 0 radical (unpaired) electrons. The summed E-state index contributed by atoms with van der Waals surface area (Å²) in [5.41, 5.74) is 0.923. The Labute approximate surface area is 120 Å². The average molecular weight is 280 g/mol. The van der Waals surface area contributed by atoms with Crippen LogP contribution in [0.3, 0.4) is 0 Å². The number of nitrogens with zero attached hydrogens (tertiary/aromatic N) is 1. The van der Waals surface area contributed by atoms with E-state index in [9.17, 15) is 4.79 Å². The van der Waals surface area contributed by atoms with Gasteiger partial charge < -0.3 is 15.5 Å². The maximum Gasteiger partial charge on any atom is 0.335 e. The van der Waals surface area contributed by atoms with E-state index >= 15 is 0 Å². The molecule has 112 valence electrons. The molecular formula is C15H24N2O3. The highest BCUT2D eigenvalue weighted by atomic mass is 16.4. The quantitative estimate of drug-likeness (QED) is 0.715. The van der Waals surface area contributed by atoms with Crippen LogP contribution in [0.5, 0.6) is 0 Å². The van der Waals surface area contributed by atoms with Crippen molar-refractivity contribution in [1.29, 1.82) is 0 Å². The molecule has 1 rings (SSSR count). The van der Waals surface area contributed by atoms with Crippen molar-refractivity contribution in [1.82, 2.24) is 4.98 Å². The Morgan fingerprint density at radius 3 is 2.55 bits per heavy atom. The Morgan fingerprint density at radius 2 is 2.05 bits per heavy atom. The lowest BCUT2D eigenvalue weighted by Crippen LogP contribution is -2.25. The molecule has 0 unspecified atom stereocenters. The second-order valence-electron chi connectivity index (χ2n) is 6.12. The Kier molecular flexibility index (Phi) is 5.51. The van der Waals surface area contributed by atoms with E-state index < -0.39 is 5.97 Å². The predicted octanol–water partition coefficient (Wildman–Crippen LogP) is 2.72. The van der Waals surface area contributed by atoms with Gasteiger partial charge in [-0.2, -0.15) is 0 Å². The van der Waals surface area contributed by atoms with Crippen LogP contribution in [0.15, 0.2) is 12.1 Å². The smallest absolute Gasteiger partial charge is 0.335 e. The molecule has 5 nitrogen and oxygen atoms in total. The van der Waals surface area contributed by atoms with Crippen LogP contribution in [0.4, 0.5) is 5.82 Å². The van der Waals surface area contributed by atoms with Gasteiger partial charge in [0.05, 0.1) is 5.56 Å². The van der Waals surface area contributed by atoms with Crippen molar-refractivity contribution in [2.75, 3.05) is 18.5 Å². The standard InChI is InChI=1S/C15H24N2O3/c1-10(2)12-7-11(14(19)20)8-13(17-12)16-9-15(3,4)5-6-18/h7-8,10,18H,5-6,9H2,1-4H3,(H,16,17)(H,19,20). The molecule has 0 aliphatic carbocycles. The largest absolute Gasteiger partial charge is 0.478 e. The first-order valence-corrected chi connectivity index (χ1v) is 6.85. The van der Waals surface area contributed by atoms with Gasteiger partial charge >= 0.3 is 5.97 Å². The molecule has 1 aromatic heterocycles. The second-order valence-corrected chi connectivity index (χ2v) is 6.12. The molecule has 1 heterocycles. The summed E-state index contributed by atoms with van der Waals surface area (Å²) in [6, 6.07) is 3.15. The van der Waals surface area contributed by atoms with Crippen molar-refractivity contribution < 1.29 is 15.0 Å². The van der Waals surface area contributed by atoms with E-state index in [0.29, 0.717) is 18.8 Å². The lowest BCUT2D eigenvalue weighted by atomic mass is 9.90. The number of aromatic nitrogens is 1. The third-order valence-corrected chi connectivity index (χ3v) is 3.22. The minimum Gasteiger partial charge on any atom is -0.478 e. The number of carboxylic acids is 1. The lowest BCUT2D eigenvalue weighted by Gasteiger charge is -2.24. The van der Waals surface area contributed by atoms with E-state index in [2.05, 4.69) is 10.3 Å². The Morgan fingerprint density at radius 1 is 1.40 bits per heavy atom. The van der Waals surface area contributed by atoms with Crippen molar-refractivity contribution >= 4 is 11.8 Å².